The Morgan fingerprint density at radius 3 is 2.09 bits per heavy atom. The van der Waals surface area contributed by atoms with Gasteiger partial charge in [-0.1, -0.05) is 60.7 Å². The Kier molecular flexibility index (Phi) is 8.03. The highest BCUT2D eigenvalue weighted by Gasteiger charge is 2.43. The number of alkyl carbamates (subject to hydrolysis) is 1. The van der Waals surface area contributed by atoms with Crippen LogP contribution in [0.5, 0.6) is 5.75 Å². The summed E-state index contributed by atoms with van der Waals surface area (Å²) < 4.78 is 16.2. The minimum atomic E-state index is -1.54. The van der Waals surface area contributed by atoms with Gasteiger partial charge in [0.1, 0.15) is 19.0 Å². The zero-order valence-electron chi connectivity index (χ0n) is 18.2. The van der Waals surface area contributed by atoms with Crippen molar-refractivity contribution in [1.82, 2.24) is 5.32 Å². The highest BCUT2D eigenvalue weighted by atomic mass is 16.6. The van der Waals surface area contributed by atoms with Gasteiger partial charge in [-0.05, 0) is 35.4 Å². The van der Waals surface area contributed by atoms with Gasteiger partial charge in [0, 0.05) is 6.42 Å². The lowest BCUT2D eigenvalue weighted by molar-refractivity contribution is -0.149. The van der Waals surface area contributed by atoms with E-state index in [0.29, 0.717) is 11.3 Å². The molecular weight excluding hydrogens is 420 g/mol. The van der Waals surface area contributed by atoms with Gasteiger partial charge in [-0.3, -0.25) is 0 Å². The van der Waals surface area contributed by atoms with Crippen LogP contribution in [0.25, 0.3) is 0 Å². The molecule has 1 N–H and O–H groups in total. The minimum Gasteiger partial charge on any atom is -0.490 e. The maximum absolute atomic E-state index is 13.0. The number of nitrogens with zero attached hydrogens (tertiary/aromatic N) is 1. The fraction of sp³-hybridized carbons (Fsp3) is 0.192. The molecule has 3 aromatic carbocycles. The summed E-state index contributed by atoms with van der Waals surface area (Å²) in [4.78, 5) is 25.7. The highest BCUT2D eigenvalue weighted by molar-refractivity contribution is 5.86. The molecule has 0 bridgehead atoms. The molecule has 0 aliphatic carbocycles. The third-order valence-electron chi connectivity index (χ3n) is 4.95. The van der Waals surface area contributed by atoms with E-state index in [0.717, 1.165) is 11.1 Å². The first-order valence-electron chi connectivity index (χ1n) is 10.3. The number of nitrogens with one attached hydrogen (secondary N) is 1. The van der Waals surface area contributed by atoms with Crippen LogP contribution in [0.4, 0.5) is 4.79 Å². The summed E-state index contributed by atoms with van der Waals surface area (Å²) in [6.07, 6.45) is -0.652. The Hall–Kier alpha value is -4.31. The summed E-state index contributed by atoms with van der Waals surface area (Å²) >= 11 is 0. The Balaban J connectivity index is 1.82. The van der Waals surface area contributed by atoms with Crippen LogP contribution in [-0.2, 0) is 27.3 Å². The van der Waals surface area contributed by atoms with E-state index in [-0.39, 0.29) is 19.6 Å². The molecule has 0 unspecified atom stereocenters. The van der Waals surface area contributed by atoms with E-state index in [1.54, 1.807) is 24.3 Å². The zero-order chi connectivity index (χ0) is 23.5. The number of nitriles is 1. The number of rotatable bonds is 9. The Morgan fingerprint density at radius 1 is 0.909 bits per heavy atom. The lowest BCUT2D eigenvalue weighted by atomic mass is 9.91. The van der Waals surface area contributed by atoms with Crippen LogP contribution in [0.15, 0.2) is 84.9 Å². The predicted octanol–water partition coefficient (Wildman–Crippen LogP) is 4.02. The molecule has 1 atom stereocenters. The van der Waals surface area contributed by atoms with Crippen molar-refractivity contribution in [3.8, 4) is 11.8 Å². The number of ether oxygens (including phenoxy) is 3. The molecule has 0 radical (unpaired) electrons. The largest absolute Gasteiger partial charge is 0.490 e. The first-order valence-corrected chi connectivity index (χ1v) is 10.3. The molecule has 168 valence electrons. The van der Waals surface area contributed by atoms with E-state index in [1.807, 2.05) is 66.7 Å². The molecule has 0 aliphatic rings. The van der Waals surface area contributed by atoms with Gasteiger partial charge in [0.15, 0.2) is 5.54 Å². The average molecular weight is 444 g/mol. The second-order valence-electron chi connectivity index (χ2n) is 7.35. The average Bonchev–Trinajstić information content (AvgIpc) is 2.87. The van der Waals surface area contributed by atoms with Crippen LogP contribution in [0.1, 0.15) is 16.7 Å². The molecule has 3 rings (SSSR count). The summed E-state index contributed by atoms with van der Waals surface area (Å²) in [5.74, 6) is -0.230. The topological polar surface area (TPSA) is 97.6 Å². The fourth-order valence-electron chi connectivity index (χ4n) is 3.24. The molecule has 0 heterocycles. The summed E-state index contributed by atoms with van der Waals surface area (Å²) in [5.41, 5.74) is 0.550. The second kappa shape index (κ2) is 11.3. The van der Waals surface area contributed by atoms with Gasteiger partial charge in [-0.2, -0.15) is 5.26 Å². The van der Waals surface area contributed by atoms with Gasteiger partial charge in [0.25, 0.3) is 0 Å². The number of amides is 1. The van der Waals surface area contributed by atoms with E-state index in [9.17, 15) is 9.59 Å². The first-order chi connectivity index (χ1) is 16.0. The summed E-state index contributed by atoms with van der Waals surface area (Å²) in [7, 11) is 1.25. The molecule has 0 saturated heterocycles. The lowest BCUT2D eigenvalue weighted by Gasteiger charge is -2.31. The van der Waals surface area contributed by atoms with Crippen molar-refractivity contribution in [1.29, 1.82) is 5.26 Å². The van der Waals surface area contributed by atoms with Crippen LogP contribution in [0, 0.1) is 11.3 Å². The van der Waals surface area contributed by atoms with Crippen molar-refractivity contribution in [2.75, 3.05) is 13.7 Å². The molecule has 0 saturated carbocycles. The summed E-state index contributed by atoms with van der Waals surface area (Å²) in [6, 6.07) is 26.9. The summed E-state index contributed by atoms with van der Waals surface area (Å²) in [6.45, 7) is -0.160. The third kappa shape index (κ3) is 6.58. The lowest BCUT2D eigenvalue weighted by Crippen LogP contribution is -2.60. The van der Waals surface area contributed by atoms with Crippen molar-refractivity contribution < 1.29 is 23.8 Å². The van der Waals surface area contributed by atoms with Crippen LogP contribution in [-0.4, -0.2) is 31.3 Å². The number of methoxy groups -OCH3 is 1. The monoisotopic (exact) mass is 444 g/mol. The number of carbonyl (C=O) groups is 2. The van der Waals surface area contributed by atoms with E-state index in [4.69, 9.17) is 19.5 Å². The number of benzene rings is 3. The van der Waals surface area contributed by atoms with Crippen LogP contribution >= 0.6 is 0 Å². The molecule has 1 amide bonds. The standard InChI is InChI=1S/C26H24N2O5/c1-31-24(29)26(16-20-8-4-2-5-9-20,19-33-23-14-12-21(17-27)13-15-23)28-25(30)32-18-22-10-6-3-7-11-22/h2-15H,16,18-19H2,1H3,(H,28,30)/t26-/m0/s1. The van der Waals surface area contributed by atoms with E-state index in [2.05, 4.69) is 5.32 Å². The molecule has 0 fully saturated rings. The molecule has 0 spiro atoms. The second-order valence-corrected chi connectivity index (χ2v) is 7.35. The molecule has 0 aliphatic heterocycles. The SMILES string of the molecule is COC(=O)[C@@](COc1ccc(C#N)cc1)(Cc1ccccc1)NC(=O)OCc1ccccc1. The van der Waals surface area contributed by atoms with Gasteiger partial charge < -0.3 is 19.5 Å². The molecule has 3 aromatic rings. The Labute approximate surface area is 192 Å². The van der Waals surface area contributed by atoms with Gasteiger partial charge >= 0.3 is 12.1 Å². The van der Waals surface area contributed by atoms with Gasteiger partial charge in [-0.15, -0.1) is 0 Å². The van der Waals surface area contributed by atoms with Crippen molar-refractivity contribution in [3.05, 3.63) is 102 Å². The normalized spacial score (nSPS) is 12.0. The Morgan fingerprint density at radius 2 is 1.52 bits per heavy atom. The van der Waals surface area contributed by atoms with Gasteiger partial charge in [-0.25, -0.2) is 9.59 Å². The van der Waals surface area contributed by atoms with Gasteiger partial charge in [0.2, 0.25) is 0 Å². The maximum Gasteiger partial charge on any atom is 0.408 e. The number of hydrogen-bond donors (Lipinski definition) is 1. The maximum atomic E-state index is 13.0. The fourth-order valence-corrected chi connectivity index (χ4v) is 3.24. The van der Waals surface area contributed by atoms with Crippen molar-refractivity contribution in [3.63, 3.8) is 0 Å². The van der Waals surface area contributed by atoms with E-state index >= 15 is 0 Å². The highest BCUT2D eigenvalue weighted by Crippen LogP contribution is 2.20. The van der Waals surface area contributed by atoms with Crippen molar-refractivity contribution in [2.24, 2.45) is 0 Å². The summed E-state index contributed by atoms with van der Waals surface area (Å²) in [5, 5.41) is 11.7. The smallest absolute Gasteiger partial charge is 0.408 e. The number of hydrogen-bond acceptors (Lipinski definition) is 6. The van der Waals surface area contributed by atoms with Crippen LogP contribution < -0.4 is 10.1 Å². The van der Waals surface area contributed by atoms with Crippen molar-refractivity contribution in [2.45, 2.75) is 18.6 Å². The predicted molar refractivity (Wildman–Crippen MR) is 121 cm³/mol. The molecule has 7 nitrogen and oxygen atoms in total. The quantitative estimate of drug-likeness (QED) is 0.501. The molecule has 0 aromatic heterocycles. The first kappa shape index (κ1) is 23.4. The third-order valence-corrected chi connectivity index (χ3v) is 4.95. The minimum absolute atomic E-state index is 0.0474. The zero-order valence-corrected chi connectivity index (χ0v) is 18.2. The number of carbonyl (C=O) groups excluding carboxylic acids is 2. The Bertz CT molecular complexity index is 1100. The van der Waals surface area contributed by atoms with Gasteiger partial charge in [0.05, 0.1) is 18.7 Å². The van der Waals surface area contributed by atoms with E-state index < -0.39 is 17.6 Å². The van der Waals surface area contributed by atoms with Crippen LogP contribution in [0.3, 0.4) is 0 Å². The van der Waals surface area contributed by atoms with Crippen LogP contribution in [0.2, 0.25) is 0 Å². The number of esters is 1. The molecule has 33 heavy (non-hydrogen) atoms. The molecule has 7 heteroatoms. The molecular formula is C26H24N2O5. The van der Waals surface area contributed by atoms with E-state index in [1.165, 1.54) is 7.11 Å². The van der Waals surface area contributed by atoms with Crippen molar-refractivity contribution >= 4 is 12.1 Å².